The third-order valence-corrected chi connectivity index (χ3v) is 4.77. The lowest BCUT2D eigenvalue weighted by Gasteiger charge is -2.34. The molecule has 0 aliphatic carbocycles. The van der Waals surface area contributed by atoms with Gasteiger partial charge in [-0.2, -0.15) is 8.42 Å². The molecule has 0 bridgehead atoms. The number of benzene rings is 1. The van der Waals surface area contributed by atoms with Crippen LogP contribution in [0.1, 0.15) is 12.8 Å². The van der Waals surface area contributed by atoms with Gasteiger partial charge in [-0.1, -0.05) is 11.6 Å². The molecule has 1 fully saturated rings. The molecule has 1 aliphatic heterocycles. The number of nitrogens with two attached hydrogens (primary N) is 1. The smallest absolute Gasteiger partial charge is 0.274 e. The molecule has 1 aliphatic rings. The zero-order chi connectivity index (χ0) is 16.4. The Morgan fingerprint density at radius 3 is 3.00 bits per heavy atom. The Morgan fingerprint density at radius 1 is 1.39 bits per heavy atom. The Kier molecular flexibility index (Phi) is 4.67. The van der Waals surface area contributed by atoms with E-state index in [4.69, 9.17) is 16.7 Å². The zero-order valence-electron chi connectivity index (χ0n) is 12.4. The standard InChI is InChI=1S/C14H18ClN5O2S/c15-11-3-4-12-13(6-11)17-9-18-14(12)20-5-1-2-10(8-20)7-19-23(16,21)22/h3-4,6,9-10,19H,1-2,5,7-8H2,(H2,16,21,22). The largest absolute Gasteiger partial charge is 0.356 e. The molecule has 1 aromatic carbocycles. The van der Waals surface area contributed by atoms with Crippen LogP contribution in [-0.2, 0) is 10.2 Å². The average molecular weight is 356 g/mol. The van der Waals surface area contributed by atoms with E-state index < -0.39 is 10.2 Å². The van der Waals surface area contributed by atoms with Crippen molar-refractivity contribution in [3.63, 3.8) is 0 Å². The highest BCUT2D eigenvalue weighted by atomic mass is 35.5. The molecule has 1 aromatic heterocycles. The fourth-order valence-electron chi connectivity index (χ4n) is 2.93. The van der Waals surface area contributed by atoms with E-state index in [9.17, 15) is 8.42 Å². The number of nitrogens with zero attached hydrogens (tertiary/aromatic N) is 3. The molecular formula is C14H18ClN5O2S. The van der Waals surface area contributed by atoms with Crippen LogP contribution in [0, 0.1) is 5.92 Å². The van der Waals surface area contributed by atoms with E-state index in [0.717, 1.165) is 42.7 Å². The number of fused-ring (bicyclic) bond motifs is 1. The Morgan fingerprint density at radius 2 is 2.22 bits per heavy atom. The van der Waals surface area contributed by atoms with Crippen LogP contribution in [0.4, 0.5) is 5.82 Å². The van der Waals surface area contributed by atoms with Gasteiger partial charge < -0.3 is 4.90 Å². The van der Waals surface area contributed by atoms with Crippen molar-refractivity contribution in [2.24, 2.45) is 11.1 Å². The van der Waals surface area contributed by atoms with E-state index in [-0.39, 0.29) is 5.92 Å². The molecule has 1 unspecified atom stereocenters. The summed E-state index contributed by atoms with van der Waals surface area (Å²) in [6, 6.07) is 5.55. The lowest BCUT2D eigenvalue weighted by atomic mass is 9.98. The molecule has 124 valence electrons. The maximum absolute atomic E-state index is 11.1. The van der Waals surface area contributed by atoms with E-state index in [0.29, 0.717) is 11.6 Å². The lowest BCUT2D eigenvalue weighted by molar-refractivity contribution is 0.410. The van der Waals surface area contributed by atoms with Gasteiger partial charge in [0.1, 0.15) is 12.1 Å². The first kappa shape index (κ1) is 16.4. The fourth-order valence-corrected chi connectivity index (χ4v) is 3.56. The Bertz CT molecular complexity index is 814. The summed E-state index contributed by atoms with van der Waals surface area (Å²) in [5.41, 5.74) is 0.798. The summed E-state index contributed by atoms with van der Waals surface area (Å²) in [6.45, 7) is 1.93. The van der Waals surface area contributed by atoms with E-state index in [1.165, 1.54) is 6.33 Å². The van der Waals surface area contributed by atoms with Crippen molar-refractivity contribution in [3.05, 3.63) is 29.5 Å². The van der Waals surface area contributed by atoms with Gasteiger partial charge >= 0.3 is 0 Å². The minimum atomic E-state index is -3.65. The molecule has 0 saturated carbocycles. The molecule has 1 atom stereocenters. The first-order valence-corrected chi connectivity index (χ1v) is 9.27. The molecule has 2 aromatic rings. The maximum Gasteiger partial charge on any atom is 0.274 e. The number of anilines is 1. The van der Waals surface area contributed by atoms with Gasteiger partial charge in [0.05, 0.1) is 5.52 Å². The number of rotatable bonds is 4. The van der Waals surface area contributed by atoms with Crippen molar-refractivity contribution in [1.29, 1.82) is 0 Å². The Balaban J connectivity index is 1.81. The molecule has 2 heterocycles. The summed E-state index contributed by atoms with van der Waals surface area (Å²) in [7, 11) is -3.65. The summed E-state index contributed by atoms with van der Waals surface area (Å²) < 4.78 is 24.5. The quantitative estimate of drug-likeness (QED) is 0.860. The topological polar surface area (TPSA) is 101 Å². The molecular weight excluding hydrogens is 338 g/mol. The van der Waals surface area contributed by atoms with Crippen LogP contribution < -0.4 is 14.8 Å². The van der Waals surface area contributed by atoms with Gasteiger partial charge in [-0.05, 0) is 37.0 Å². The molecule has 7 nitrogen and oxygen atoms in total. The molecule has 0 radical (unpaired) electrons. The van der Waals surface area contributed by atoms with Gasteiger partial charge in [-0.3, -0.25) is 0 Å². The predicted octanol–water partition coefficient (Wildman–Crippen LogP) is 1.29. The zero-order valence-corrected chi connectivity index (χ0v) is 14.0. The highest BCUT2D eigenvalue weighted by Gasteiger charge is 2.23. The average Bonchev–Trinajstić information content (AvgIpc) is 2.52. The number of hydrogen-bond donors (Lipinski definition) is 2. The summed E-state index contributed by atoms with van der Waals surface area (Å²) >= 11 is 6.01. The molecule has 0 amide bonds. The minimum absolute atomic E-state index is 0.194. The molecule has 9 heteroatoms. The van der Waals surface area contributed by atoms with Crippen LogP contribution in [0.5, 0.6) is 0 Å². The number of nitrogens with one attached hydrogen (secondary N) is 1. The van der Waals surface area contributed by atoms with Gasteiger partial charge in [0, 0.05) is 30.0 Å². The number of aromatic nitrogens is 2. The van der Waals surface area contributed by atoms with Crippen molar-refractivity contribution in [1.82, 2.24) is 14.7 Å². The van der Waals surface area contributed by atoms with Crippen LogP contribution >= 0.6 is 11.6 Å². The van der Waals surface area contributed by atoms with Gasteiger partial charge in [0.25, 0.3) is 10.2 Å². The van der Waals surface area contributed by atoms with Crippen molar-refractivity contribution < 1.29 is 8.42 Å². The molecule has 0 spiro atoms. The highest BCUT2D eigenvalue weighted by molar-refractivity contribution is 7.87. The van der Waals surface area contributed by atoms with Gasteiger partial charge in [0.15, 0.2) is 0 Å². The number of halogens is 1. The Hall–Kier alpha value is -1.48. The van der Waals surface area contributed by atoms with E-state index in [2.05, 4.69) is 19.6 Å². The van der Waals surface area contributed by atoms with E-state index >= 15 is 0 Å². The predicted molar refractivity (Wildman–Crippen MR) is 90.6 cm³/mol. The van der Waals surface area contributed by atoms with Crippen molar-refractivity contribution in [2.45, 2.75) is 12.8 Å². The van der Waals surface area contributed by atoms with Gasteiger partial charge in [-0.15, -0.1) is 0 Å². The normalized spacial score (nSPS) is 19.2. The molecule has 3 rings (SSSR count). The first-order chi connectivity index (χ1) is 10.9. The number of piperidine rings is 1. The van der Waals surface area contributed by atoms with Gasteiger partial charge in [0.2, 0.25) is 0 Å². The van der Waals surface area contributed by atoms with Crippen LogP contribution in [0.2, 0.25) is 5.02 Å². The van der Waals surface area contributed by atoms with Crippen LogP contribution in [0.3, 0.4) is 0 Å². The van der Waals surface area contributed by atoms with Crippen molar-refractivity contribution in [3.8, 4) is 0 Å². The summed E-state index contributed by atoms with van der Waals surface area (Å²) in [4.78, 5) is 10.8. The van der Waals surface area contributed by atoms with Crippen molar-refractivity contribution >= 4 is 38.5 Å². The van der Waals surface area contributed by atoms with E-state index in [1.54, 1.807) is 0 Å². The van der Waals surface area contributed by atoms with Crippen LogP contribution in [0.15, 0.2) is 24.5 Å². The highest BCUT2D eigenvalue weighted by Crippen LogP contribution is 2.28. The van der Waals surface area contributed by atoms with Gasteiger partial charge in [-0.25, -0.2) is 19.8 Å². The third-order valence-electron chi connectivity index (χ3n) is 3.97. The fraction of sp³-hybridized carbons (Fsp3) is 0.429. The summed E-state index contributed by atoms with van der Waals surface area (Å²) in [5.74, 6) is 1.05. The minimum Gasteiger partial charge on any atom is -0.356 e. The molecule has 1 saturated heterocycles. The Labute approximate surface area is 140 Å². The summed E-state index contributed by atoms with van der Waals surface area (Å²) in [6.07, 6.45) is 3.45. The lowest BCUT2D eigenvalue weighted by Crippen LogP contribution is -2.42. The first-order valence-electron chi connectivity index (χ1n) is 7.35. The molecule has 23 heavy (non-hydrogen) atoms. The molecule has 3 N–H and O–H groups in total. The second kappa shape index (κ2) is 6.56. The van der Waals surface area contributed by atoms with Crippen LogP contribution in [-0.4, -0.2) is 38.0 Å². The summed E-state index contributed by atoms with van der Waals surface area (Å²) in [5, 5.41) is 6.58. The monoisotopic (exact) mass is 355 g/mol. The second-order valence-electron chi connectivity index (χ2n) is 5.71. The number of hydrogen-bond acceptors (Lipinski definition) is 5. The van der Waals surface area contributed by atoms with E-state index in [1.807, 2.05) is 18.2 Å². The maximum atomic E-state index is 11.1. The second-order valence-corrected chi connectivity index (χ2v) is 7.52. The van der Waals surface area contributed by atoms with Crippen LogP contribution in [0.25, 0.3) is 10.9 Å². The van der Waals surface area contributed by atoms with Crippen molar-refractivity contribution in [2.75, 3.05) is 24.5 Å². The SMILES string of the molecule is NS(=O)(=O)NCC1CCCN(c2ncnc3cc(Cl)ccc23)C1. The third kappa shape index (κ3) is 4.08.